The lowest BCUT2D eigenvalue weighted by atomic mass is 10.1. The Kier molecular flexibility index (Phi) is 4.77. The zero-order chi connectivity index (χ0) is 16.4. The first kappa shape index (κ1) is 16.5. The fourth-order valence-electron chi connectivity index (χ4n) is 2.92. The van der Waals surface area contributed by atoms with Crippen molar-refractivity contribution in [3.63, 3.8) is 0 Å². The van der Waals surface area contributed by atoms with Crippen LogP contribution in [0, 0.1) is 0 Å². The highest BCUT2D eigenvalue weighted by atomic mass is 79.9. The van der Waals surface area contributed by atoms with Crippen LogP contribution in [0.5, 0.6) is 0 Å². The molecule has 1 aliphatic heterocycles. The third kappa shape index (κ3) is 4.35. The molecule has 2 heterocycles. The number of rotatable bonds is 3. The first-order chi connectivity index (χ1) is 10.9. The minimum atomic E-state index is -4.12. The van der Waals surface area contributed by atoms with Gasteiger partial charge in [-0.3, -0.25) is 9.58 Å². The van der Waals surface area contributed by atoms with E-state index in [0.29, 0.717) is 25.9 Å². The number of nitrogens with zero attached hydrogens (tertiary/aromatic N) is 3. The van der Waals surface area contributed by atoms with Crippen molar-refractivity contribution in [2.75, 3.05) is 19.6 Å². The number of alkyl halides is 3. The number of hydrogen-bond donors (Lipinski definition) is 0. The number of aromatic nitrogens is 2. The minimum Gasteiger partial charge on any atom is -0.295 e. The predicted molar refractivity (Wildman–Crippen MR) is 86.1 cm³/mol. The molecule has 0 saturated carbocycles. The van der Waals surface area contributed by atoms with E-state index < -0.39 is 12.7 Å². The fraction of sp³-hybridized carbons (Fsp3) is 0.438. The van der Waals surface area contributed by atoms with Crippen LogP contribution >= 0.6 is 15.9 Å². The minimum absolute atomic E-state index is 0.170. The van der Waals surface area contributed by atoms with Crippen LogP contribution in [0.3, 0.4) is 0 Å². The molecule has 0 aliphatic carbocycles. The molecule has 0 N–H and O–H groups in total. The van der Waals surface area contributed by atoms with Crippen LogP contribution in [0.15, 0.2) is 41.1 Å². The van der Waals surface area contributed by atoms with E-state index in [1.807, 2.05) is 41.3 Å². The number of benzene rings is 1. The smallest absolute Gasteiger partial charge is 0.295 e. The summed E-state index contributed by atoms with van der Waals surface area (Å²) in [7, 11) is 0. The molecular weight excluding hydrogens is 371 g/mol. The topological polar surface area (TPSA) is 21.1 Å². The van der Waals surface area contributed by atoms with E-state index in [4.69, 9.17) is 0 Å². The highest BCUT2D eigenvalue weighted by molar-refractivity contribution is 9.10. The summed E-state index contributed by atoms with van der Waals surface area (Å²) in [5, 5.41) is 4.40. The molecule has 7 heteroatoms. The largest absolute Gasteiger partial charge is 0.401 e. The van der Waals surface area contributed by atoms with Gasteiger partial charge in [-0.25, -0.2) is 0 Å². The van der Waals surface area contributed by atoms with Crippen LogP contribution in [0.4, 0.5) is 13.2 Å². The zero-order valence-electron chi connectivity index (χ0n) is 12.4. The molecule has 2 aromatic rings. The Labute approximate surface area is 141 Å². The van der Waals surface area contributed by atoms with E-state index in [0.717, 1.165) is 15.6 Å². The summed E-state index contributed by atoms with van der Waals surface area (Å²) >= 11 is 3.41. The number of likely N-dealkylation sites (tertiary alicyclic amines) is 1. The van der Waals surface area contributed by atoms with Crippen molar-refractivity contribution in [2.45, 2.75) is 25.1 Å². The van der Waals surface area contributed by atoms with Gasteiger partial charge in [0.05, 0.1) is 18.8 Å². The zero-order valence-corrected chi connectivity index (χ0v) is 14.0. The number of piperidine rings is 1. The van der Waals surface area contributed by atoms with Gasteiger partial charge in [0.15, 0.2) is 0 Å². The molecule has 0 bridgehead atoms. The SMILES string of the molecule is FC(F)(F)CN1CCC(n2cc(-c3ccc(Br)cc3)cn2)CC1. The van der Waals surface area contributed by atoms with Crippen LogP contribution in [0.25, 0.3) is 11.1 Å². The van der Waals surface area contributed by atoms with Crippen LogP contribution in [-0.2, 0) is 0 Å². The third-order valence-electron chi connectivity index (χ3n) is 4.11. The van der Waals surface area contributed by atoms with E-state index >= 15 is 0 Å². The molecule has 124 valence electrons. The Morgan fingerprint density at radius 3 is 2.35 bits per heavy atom. The van der Waals surface area contributed by atoms with Gasteiger partial charge in [0, 0.05) is 29.3 Å². The lowest BCUT2D eigenvalue weighted by Gasteiger charge is -2.32. The second-order valence-electron chi connectivity index (χ2n) is 5.84. The van der Waals surface area contributed by atoms with Crippen molar-refractivity contribution in [1.82, 2.24) is 14.7 Å². The summed E-state index contributed by atoms with van der Waals surface area (Å²) < 4.78 is 40.2. The van der Waals surface area contributed by atoms with Crippen LogP contribution in [-0.4, -0.2) is 40.5 Å². The maximum Gasteiger partial charge on any atom is 0.401 e. The molecule has 0 unspecified atom stereocenters. The highest BCUT2D eigenvalue weighted by Gasteiger charge is 2.32. The molecule has 0 radical (unpaired) electrons. The Bertz CT molecular complexity index is 643. The summed E-state index contributed by atoms with van der Waals surface area (Å²) in [5.41, 5.74) is 2.10. The molecule has 1 fully saturated rings. The summed E-state index contributed by atoms with van der Waals surface area (Å²) in [6, 6.07) is 8.14. The van der Waals surface area contributed by atoms with Crippen molar-refractivity contribution < 1.29 is 13.2 Å². The van der Waals surface area contributed by atoms with Gasteiger partial charge < -0.3 is 0 Å². The number of hydrogen-bond acceptors (Lipinski definition) is 2. The lowest BCUT2D eigenvalue weighted by Crippen LogP contribution is -2.40. The molecule has 0 spiro atoms. The van der Waals surface area contributed by atoms with Gasteiger partial charge in [0.2, 0.25) is 0 Å². The second kappa shape index (κ2) is 6.65. The highest BCUT2D eigenvalue weighted by Crippen LogP contribution is 2.27. The predicted octanol–water partition coefficient (Wildman–Crippen LogP) is 4.51. The van der Waals surface area contributed by atoms with E-state index in [-0.39, 0.29) is 6.04 Å². The molecule has 1 saturated heterocycles. The van der Waals surface area contributed by atoms with Gasteiger partial charge in [0.25, 0.3) is 0 Å². The normalized spacial score (nSPS) is 17.6. The van der Waals surface area contributed by atoms with Crippen LogP contribution < -0.4 is 0 Å². The molecular formula is C16H17BrF3N3. The van der Waals surface area contributed by atoms with E-state index in [9.17, 15) is 13.2 Å². The molecule has 0 amide bonds. The van der Waals surface area contributed by atoms with E-state index in [1.54, 1.807) is 0 Å². The molecule has 0 atom stereocenters. The second-order valence-corrected chi connectivity index (χ2v) is 6.75. The average molecular weight is 388 g/mol. The Morgan fingerprint density at radius 1 is 1.09 bits per heavy atom. The first-order valence-corrected chi connectivity index (χ1v) is 8.29. The van der Waals surface area contributed by atoms with Crippen molar-refractivity contribution in [3.05, 3.63) is 41.1 Å². The molecule has 1 aromatic heterocycles. The van der Waals surface area contributed by atoms with Gasteiger partial charge in [0.1, 0.15) is 0 Å². The Hall–Kier alpha value is -1.34. The third-order valence-corrected chi connectivity index (χ3v) is 4.64. The van der Waals surface area contributed by atoms with Crippen LogP contribution in [0.1, 0.15) is 18.9 Å². The molecule has 3 nitrogen and oxygen atoms in total. The van der Waals surface area contributed by atoms with Gasteiger partial charge >= 0.3 is 6.18 Å². The summed E-state index contributed by atoms with van der Waals surface area (Å²) in [5.74, 6) is 0. The maximum absolute atomic E-state index is 12.4. The van der Waals surface area contributed by atoms with E-state index in [2.05, 4.69) is 21.0 Å². The molecule has 3 rings (SSSR count). The Morgan fingerprint density at radius 2 is 1.74 bits per heavy atom. The quantitative estimate of drug-likeness (QED) is 0.772. The summed E-state index contributed by atoms with van der Waals surface area (Å²) in [6.07, 6.45) is 1.06. The van der Waals surface area contributed by atoms with Gasteiger partial charge in [-0.15, -0.1) is 0 Å². The van der Waals surface area contributed by atoms with Crippen molar-refractivity contribution >= 4 is 15.9 Å². The van der Waals surface area contributed by atoms with Gasteiger partial charge in [-0.2, -0.15) is 18.3 Å². The van der Waals surface area contributed by atoms with Crippen molar-refractivity contribution in [3.8, 4) is 11.1 Å². The van der Waals surface area contributed by atoms with Crippen molar-refractivity contribution in [2.24, 2.45) is 0 Å². The summed E-state index contributed by atoms with van der Waals surface area (Å²) in [6.45, 7) is 0.0955. The molecule has 23 heavy (non-hydrogen) atoms. The van der Waals surface area contributed by atoms with Crippen LogP contribution in [0.2, 0.25) is 0 Å². The molecule has 1 aliphatic rings. The monoisotopic (exact) mass is 387 g/mol. The van der Waals surface area contributed by atoms with Gasteiger partial charge in [-0.05, 0) is 30.5 Å². The maximum atomic E-state index is 12.4. The van der Waals surface area contributed by atoms with Crippen molar-refractivity contribution in [1.29, 1.82) is 0 Å². The standard InChI is InChI=1S/C16H17BrF3N3/c17-14-3-1-12(2-4-14)13-9-21-23(10-13)15-5-7-22(8-6-15)11-16(18,19)20/h1-4,9-10,15H,5-8,11H2. The first-order valence-electron chi connectivity index (χ1n) is 7.50. The summed E-state index contributed by atoms with van der Waals surface area (Å²) in [4.78, 5) is 1.47. The van der Waals surface area contributed by atoms with Gasteiger partial charge in [-0.1, -0.05) is 28.1 Å². The lowest BCUT2D eigenvalue weighted by molar-refractivity contribution is -0.148. The average Bonchev–Trinajstić information content (AvgIpc) is 2.97. The Balaban J connectivity index is 1.62. The number of halogens is 4. The van der Waals surface area contributed by atoms with E-state index in [1.165, 1.54) is 4.90 Å². The fourth-order valence-corrected chi connectivity index (χ4v) is 3.19. The molecule has 1 aromatic carbocycles.